The van der Waals surface area contributed by atoms with Gasteiger partial charge >= 0.3 is 0 Å². The molecule has 96 valence electrons. The van der Waals surface area contributed by atoms with E-state index in [1.165, 1.54) is 12.8 Å². The Morgan fingerprint density at radius 3 is 2.65 bits per heavy atom. The summed E-state index contributed by atoms with van der Waals surface area (Å²) in [7, 11) is 0. The Morgan fingerprint density at radius 1 is 1.35 bits per heavy atom. The van der Waals surface area contributed by atoms with Gasteiger partial charge in [0.2, 0.25) is 5.95 Å². The van der Waals surface area contributed by atoms with E-state index in [0.29, 0.717) is 12.1 Å². The average molecular weight is 236 g/mol. The van der Waals surface area contributed by atoms with Crippen molar-refractivity contribution < 1.29 is 0 Å². The maximum absolute atomic E-state index is 5.97. The SMILES string of the molecule is CCN(c1nccn1CC)C1CCC(N)CC1. The van der Waals surface area contributed by atoms with Crippen molar-refractivity contribution >= 4 is 5.95 Å². The first-order valence-corrected chi connectivity index (χ1v) is 6.79. The van der Waals surface area contributed by atoms with Crippen molar-refractivity contribution in [2.45, 2.75) is 58.2 Å². The summed E-state index contributed by atoms with van der Waals surface area (Å²) in [6, 6.07) is 1.03. The molecule has 4 heteroatoms. The molecule has 0 radical (unpaired) electrons. The van der Waals surface area contributed by atoms with Gasteiger partial charge < -0.3 is 15.2 Å². The minimum absolute atomic E-state index is 0.413. The van der Waals surface area contributed by atoms with Gasteiger partial charge in [0.15, 0.2) is 0 Å². The fourth-order valence-corrected chi connectivity index (χ4v) is 2.78. The van der Waals surface area contributed by atoms with E-state index in [2.05, 4.69) is 34.5 Å². The van der Waals surface area contributed by atoms with Crippen molar-refractivity contribution in [3.63, 3.8) is 0 Å². The smallest absolute Gasteiger partial charge is 0.205 e. The molecule has 0 spiro atoms. The van der Waals surface area contributed by atoms with Gasteiger partial charge in [-0.15, -0.1) is 0 Å². The van der Waals surface area contributed by atoms with Gasteiger partial charge in [-0.3, -0.25) is 0 Å². The summed E-state index contributed by atoms with van der Waals surface area (Å²) in [6.45, 7) is 6.38. The van der Waals surface area contributed by atoms with E-state index in [0.717, 1.165) is 31.9 Å². The Labute approximate surface area is 104 Å². The molecule has 1 saturated carbocycles. The van der Waals surface area contributed by atoms with Gasteiger partial charge in [0.25, 0.3) is 0 Å². The number of hydrogen-bond acceptors (Lipinski definition) is 3. The molecule has 0 aromatic carbocycles. The molecule has 17 heavy (non-hydrogen) atoms. The Kier molecular flexibility index (Phi) is 4.05. The van der Waals surface area contributed by atoms with Crippen molar-refractivity contribution in [2.75, 3.05) is 11.4 Å². The van der Waals surface area contributed by atoms with Crippen LogP contribution in [0.4, 0.5) is 5.95 Å². The van der Waals surface area contributed by atoms with E-state index in [1.807, 2.05) is 6.20 Å². The van der Waals surface area contributed by atoms with E-state index >= 15 is 0 Å². The van der Waals surface area contributed by atoms with Gasteiger partial charge in [0.05, 0.1) is 0 Å². The molecule has 1 fully saturated rings. The van der Waals surface area contributed by atoms with Crippen molar-refractivity contribution in [3.05, 3.63) is 12.4 Å². The summed E-state index contributed by atoms with van der Waals surface area (Å²) in [5, 5.41) is 0. The van der Waals surface area contributed by atoms with Crippen LogP contribution < -0.4 is 10.6 Å². The predicted octanol–water partition coefficient (Wildman–Crippen LogP) is 2.00. The van der Waals surface area contributed by atoms with Crippen LogP contribution in [-0.2, 0) is 6.54 Å². The highest BCUT2D eigenvalue weighted by Crippen LogP contribution is 2.25. The maximum atomic E-state index is 5.97. The van der Waals surface area contributed by atoms with E-state index in [-0.39, 0.29) is 0 Å². The number of aryl methyl sites for hydroxylation is 1. The summed E-state index contributed by atoms with van der Waals surface area (Å²) in [4.78, 5) is 6.95. The third-order valence-electron chi connectivity index (χ3n) is 3.81. The van der Waals surface area contributed by atoms with Crippen LogP contribution in [0.1, 0.15) is 39.5 Å². The van der Waals surface area contributed by atoms with Gasteiger partial charge in [-0.2, -0.15) is 0 Å². The average Bonchev–Trinajstić information content (AvgIpc) is 2.81. The second-order valence-corrected chi connectivity index (χ2v) is 4.87. The quantitative estimate of drug-likeness (QED) is 0.869. The van der Waals surface area contributed by atoms with Crippen molar-refractivity contribution in [2.24, 2.45) is 5.73 Å². The standard InChI is InChI=1S/C13H24N4/c1-3-16-10-9-15-13(16)17(4-2)12-7-5-11(14)6-8-12/h9-12H,3-8,14H2,1-2H3. The minimum Gasteiger partial charge on any atom is -0.340 e. The van der Waals surface area contributed by atoms with Gasteiger partial charge in [-0.05, 0) is 39.5 Å². The molecule has 1 aliphatic rings. The van der Waals surface area contributed by atoms with E-state index in [4.69, 9.17) is 5.73 Å². The molecule has 0 amide bonds. The zero-order valence-corrected chi connectivity index (χ0v) is 11.0. The highest BCUT2D eigenvalue weighted by molar-refractivity contribution is 5.33. The van der Waals surface area contributed by atoms with Gasteiger partial charge in [0, 0.05) is 37.6 Å². The Balaban J connectivity index is 2.10. The third kappa shape index (κ3) is 2.63. The highest BCUT2D eigenvalue weighted by Gasteiger charge is 2.25. The van der Waals surface area contributed by atoms with Crippen LogP contribution in [0.15, 0.2) is 12.4 Å². The van der Waals surface area contributed by atoms with E-state index in [9.17, 15) is 0 Å². The molecule has 2 N–H and O–H groups in total. The molecule has 1 aromatic rings. The minimum atomic E-state index is 0.413. The lowest BCUT2D eigenvalue weighted by Crippen LogP contribution is -2.42. The van der Waals surface area contributed by atoms with Crippen LogP contribution in [0, 0.1) is 0 Å². The lowest BCUT2D eigenvalue weighted by Gasteiger charge is -2.36. The molecule has 1 aromatic heterocycles. The third-order valence-corrected chi connectivity index (χ3v) is 3.81. The van der Waals surface area contributed by atoms with Crippen LogP contribution in [-0.4, -0.2) is 28.2 Å². The molecule has 1 heterocycles. The van der Waals surface area contributed by atoms with Gasteiger partial charge in [-0.25, -0.2) is 4.98 Å². The number of aromatic nitrogens is 2. The molecule has 4 nitrogen and oxygen atoms in total. The summed E-state index contributed by atoms with van der Waals surface area (Å²) in [6.07, 6.45) is 8.65. The monoisotopic (exact) mass is 236 g/mol. The highest BCUT2D eigenvalue weighted by atomic mass is 15.3. The first kappa shape index (κ1) is 12.4. The lowest BCUT2D eigenvalue weighted by atomic mass is 9.91. The van der Waals surface area contributed by atoms with E-state index in [1.54, 1.807) is 0 Å². The first-order chi connectivity index (χ1) is 8.26. The number of nitrogens with two attached hydrogens (primary N) is 1. The number of nitrogens with zero attached hydrogens (tertiary/aromatic N) is 3. The van der Waals surface area contributed by atoms with Crippen molar-refractivity contribution in [1.29, 1.82) is 0 Å². The fourth-order valence-electron chi connectivity index (χ4n) is 2.78. The van der Waals surface area contributed by atoms with E-state index < -0.39 is 0 Å². The topological polar surface area (TPSA) is 47.1 Å². The summed E-state index contributed by atoms with van der Waals surface area (Å²) in [5.74, 6) is 1.12. The largest absolute Gasteiger partial charge is 0.340 e. The van der Waals surface area contributed by atoms with Crippen LogP contribution in [0.25, 0.3) is 0 Å². The second-order valence-electron chi connectivity index (χ2n) is 4.87. The summed E-state index contributed by atoms with van der Waals surface area (Å²) in [5.41, 5.74) is 5.97. The molecule has 0 saturated heterocycles. The molecular weight excluding hydrogens is 212 g/mol. The number of imidazole rings is 1. The second kappa shape index (κ2) is 5.54. The van der Waals surface area contributed by atoms with Crippen LogP contribution in [0.2, 0.25) is 0 Å². The molecule has 0 unspecified atom stereocenters. The van der Waals surface area contributed by atoms with Crippen LogP contribution >= 0.6 is 0 Å². The van der Waals surface area contributed by atoms with Gasteiger partial charge in [-0.1, -0.05) is 0 Å². The predicted molar refractivity (Wildman–Crippen MR) is 71.2 cm³/mol. The number of anilines is 1. The first-order valence-electron chi connectivity index (χ1n) is 6.79. The molecule has 0 bridgehead atoms. The van der Waals surface area contributed by atoms with Crippen molar-refractivity contribution in [3.8, 4) is 0 Å². The molecule has 0 atom stereocenters. The maximum Gasteiger partial charge on any atom is 0.205 e. The Bertz CT molecular complexity index is 339. The summed E-state index contributed by atoms with van der Waals surface area (Å²) >= 11 is 0. The lowest BCUT2D eigenvalue weighted by molar-refractivity contribution is 0.373. The molecule has 2 rings (SSSR count). The Morgan fingerprint density at radius 2 is 2.06 bits per heavy atom. The van der Waals surface area contributed by atoms with Crippen molar-refractivity contribution in [1.82, 2.24) is 9.55 Å². The zero-order chi connectivity index (χ0) is 12.3. The number of hydrogen-bond donors (Lipinski definition) is 1. The normalized spacial score (nSPS) is 24.9. The number of rotatable bonds is 4. The fraction of sp³-hybridized carbons (Fsp3) is 0.769. The summed E-state index contributed by atoms with van der Waals surface area (Å²) < 4.78 is 2.22. The zero-order valence-electron chi connectivity index (χ0n) is 11.0. The molecule has 0 aliphatic heterocycles. The van der Waals surface area contributed by atoms with Crippen LogP contribution in [0.3, 0.4) is 0 Å². The molecule has 1 aliphatic carbocycles. The van der Waals surface area contributed by atoms with Gasteiger partial charge in [0.1, 0.15) is 0 Å². The molecular formula is C13H24N4. The van der Waals surface area contributed by atoms with Crippen LogP contribution in [0.5, 0.6) is 0 Å². The Hall–Kier alpha value is -1.03.